The molecule has 0 aliphatic carbocycles. The second-order valence-electron chi connectivity index (χ2n) is 3.80. The predicted molar refractivity (Wildman–Crippen MR) is 68.7 cm³/mol. The van der Waals surface area contributed by atoms with E-state index in [0.29, 0.717) is 0 Å². The van der Waals surface area contributed by atoms with Crippen LogP contribution in [0.2, 0.25) is 0 Å². The van der Waals surface area contributed by atoms with Crippen molar-refractivity contribution in [2.45, 2.75) is 12.8 Å². The summed E-state index contributed by atoms with van der Waals surface area (Å²) in [6.07, 6.45) is 4.17. The van der Waals surface area contributed by atoms with Crippen LogP contribution < -0.4 is 10.2 Å². The van der Waals surface area contributed by atoms with Crippen molar-refractivity contribution in [3.8, 4) is 0 Å². The maximum Gasteiger partial charge on any atom is 0.0362 e. The monoisotopic (exact) mass is 204 g/mol. The Hall–Kier alpha value is -1.44. The molecule has 15 heavy (non-hydrogen) atoms. The number of hydrogen-bond donors (Lipinski definition) is 1. The molecule has 1 aromatic carbocycles. The molecule has 1 aromatic rings. The van der Waals surface area contributed by atoms with Gasteiger partial charge < -0.3 is 10.2 Å². The lowest BCUT2D eigenvalue weighted by molar-refractivity contribution is 0.891. The van der Waals surface area contributed by atoms with Gasteiger partial charge in [-0.2, -0.15) is 0 Å². The lowest BCUT2D eigenvalue weighted by Gasteiger charge is -2.13. The van der Waals surface area contributed by atoms with E-state index in [-0.39, 0.29) is 0 Å². The second kappa shape index (κ2) is 6.12. The average Bonchev–Trinajstić information content (AvgIpc) is 2.25. The molecule has 0 aliphatic rings. The summed E-state index contributed by atoms with van der Waals surface area (Å²) < 4.78 is 0. The van der Waals surface area contributed by atoms with Crippen LogP contribution in [-0.4, -0.2) is 20.6 Å². The average molecular weight is 204 g/mol. The summed E-state index contributed by atoms with van der Waals surface area (Å²) in [6.45, 7) is 4.71. The van der Waals surface area contributed by atoms with E-state index in [0.717, 1.165) is 19.4 Å². The van der Waals surface area contributed by atoms with Crippen molar-refractivity contribution in [2.75, 3.05) is 30.9 Å². The minimum atomic E-state index is 1.01. The molecule has 2 nitrogen and oxygen atoms in total. The number of nitrogens with zero attached hydrogens (tertiary/aromatic N) is 1. The molecule has 0 saturated heterocycles. The third kappa shape index (κ3) is 4.07. The number of rotatable bonds is 6. The molecule has 0 heterocycles. The van der Waals surface area contributed by atoms with Crippen LogP contribution in [0.5, 0.6) is 0 Å². The topological polar surface area (TPSA) is 15.3 Å². The minimum absolute atomic E-state index is 1.01. The number of unbranched alkanes of at least 4 members (excludes halogenated alkanes) is 1. The van der Waals surface area contributed by atoms with Crippen LogP contribution in [0, 0.1) is 0 Å². The summed E-state index contributed by atoms with van der Waals surface area (Å²) in [5.41, 5.74) is 2.41. The van der Waals surface area contributed by atoms with Gasteiger partial charge in [0.15, 0.2) is 0 Å². The van der Waals surface area contributed by atoms with E-state index >= 15 is 0 Å². The molecule has 0 amide bonds. The first-order valence-electron chi connectivity index (χ1n) is 5.36. The van der Waals surface area contributed by atoms with Crippen LogP contribution >= 0.6 is 0 Å². The molecule has 0 fully saturated rings. The van der Waals surface area contributed by atoms with Gasteiger partial charge in [-0.05, 0) is 37.1 Å². The van der Waals surface area contributed by atoms with Crippen molar-refractivity contribution in [1.82, 2.24) is 0 Å². The first kappa shape index (κ1) is 11.6. The molecular weight excluding hydrogens is 184 g/mol. The SMILES string of the molecule is C=CCCCNc1ccc(N(C)C)cc1. The minimum Gasteiger partial charge on any atom is -0.385 e. The molecule has 0 atom stereocenters. The predicted octanol–water partition coefficient (Wildman–Crippen LogP) is 3.13. The maximum atomic E-state index is 3.70. The van der Waals surface area contributed by atoms with Crippen molar-refractivity contribution in [3.63, 3.8) is 0 Å². The third-order valence-electron chi connectivity index (χ3n) is 2.30. The number of anilines is 2. The Morgan fingerprint density at radius 1 is 1.27 bits per heavy atom. The Balaban J connectivity index is 2.39. The van der Waals surface area contributed by atoms with Crippen LogP contribution in [0.25, 0.3) is 0 Å². The highest BCUT2D eigenvalue weighted by Crippen LogP contribution is 2.15. The van der Waals surface area contributed by atoms with E-state index < -0.39 is 0 Å². The van der Waals surface area contributed by atoms with Crippen molar-refractivity contribution >= 4 is 11.4 Å². The summed E-state index contributed by atoms with van der Waals surface area (Å²) in [4.78, 5) is 2.10. The maximum absolute atomic E-state index is 3.70. The molecule has 82 valence electrons. The van der Waals surface area contributed by atoms with Gasteiger partial charge in [0.2, 0.25) is 0 Å². The Morgan fingerprint density at radius 2 is 1.93 bits per heavy atom. The van der Waals surface area contributed by atoms with Crippen LogP contribution in [0.15, 0.2) is 36.9 Å². The van der Waals surface area contributed by atoms with Crippen molar-refractivity contribution in [3.05, 3.63) is 36.9 Å². The summed E-state index contributed by atoms with van der Waals surface area (Å²) in [6, 6.07) is 8.47. The smallest absolute Gasteiger partial charge is 0.0362 e. The largest absolute Gasteiger partial charge is 0.385 e. The zero-order chi connectivity index (χ0) is 11.1. The molecule has 0 spiro atoms. The normalized spacial score (nSPS) is 9.73. The highest BCUT2D eigenvalue weighted by atomic mass is 15.1. The standard InChI is InChI=1S/C13H20N2/c1-4-5-6-11-14-12-7-9-13(10-8-12)15(2)3/h4,7-10,14H,1,5-6,11H2,2-3H3. The fourth-order valence-corrected chi connectivity index (χ4v) is 1.36. The van der Waals surface area contributed by atoms with Crippen molar-refractivity contribution in [1.29, 1.82) is 0 Å². The van der Waals surface area contributed by atoms with Gasteiger partial charge >= 0.3 is 0 Å². The number of benzene rings is 1. The van der Waals surface area contributed by atoms with Gasteiger partial charge in [0.05, 0.1) is 0 Å². The molecular formula is C13H20N2. The molecule has 0 unspecified atom stereocenters. The number of hydrogen-bond acceptors (Lipinski definition) is 2. The molecule has 2 heteroatoms. The van der Waals surface area contributed by atoms with E-state index in [4.69, 9.17) is 0 Å². The molecule has 1 rings (SSSR count). The lowest BCUT2D eigenvalue weighted by atomic mass is 10.2. The highest BCUT2D eigenvalue weighted by molar-refractivity contribution is 5.54. The fourth-order valence-electron chi connectivity index (χ4n) is 1.36. The Bertz CT molecular complexity index is 288. The summed E-state index contributed by atoms with van der Waals surface area (Å²) in [5.74, 6) is 0. The summed E-state index contributed by atoms with van der Waals surface area (Å²) >= 11 is 0. The highest BCUT2D eigenvalue weighted by Gasteiger charge is 1.94. The first-order chi connectivity index (χ1) is 7.24. The van der Waals surface area contributed by atoms with E-state index in [1.54, 1.807) is 0 Å². The molecule has 0 radical (unpaired) electrons. The fraction of sp³-hybridized carbons (Fsp3) is 0.385. The Kier molecular flexibility index (Phi) is 4.75. The van der Waals surface area contributed by atoms with E-state index in [9.17, 15) is 0 Å². The van der Waals surface area contributed by atoms with Gasteiger partial charge in [-0.25, -0.2) is 0 Å². The van der Waals surface area contributed by atoms with E-state index in [1.165, 1.54) is 11.4 Å². The van der Waals surface area contributed by atoms with Gasteiger partial charge in [0.25, 0.3) is 0 Å². The number of nitrogens with one attached hydrogen (secondary N) is 1. The zero-order valence-electron chi connectivity index (χ0n) is 9.66. The first-order valence-corrected chi connectivity index (χ1v) is 5.36. The molecule has 1 N–H and O–H groups in total. The van der Waals surface area contributed by atoms with Crippen LogP contribution in [0.1, 0.15) is 12.8 Å². The molecule has 0 aromatic heterocycles. The lowest BCUT2D eigenvalue weighted by Crippen LogP contribution is -2.08. The van der Waals surface area contributed by atoms with Crippen molar-refractivity contribution < 1.29 is 0 Å². The zero-order valence-corrected chi connectivity index (χ0v) is 9.66. The Morgan fingerprint density at radius 3 is 2.47 bits per heavy atom. The van der Waals surface area contributed by atoms with Gasteiger partial charge in [-0.1, -0.05) is 6.08 Å². The third-order valence-corrected chi connectivity index (χ3v) is 2.30. The quantitative estimate of drug-likeness (QED) is 0.565. The number of allylic oxidation sites excluding steroid dienone is 1. The molecule has 0 saturated carbocycles. The van der Waals surface area contributed by atoms with E-state index in [2.05, 4.69) is 41.1 Å². The van der Waals surface area contributed by atoms with Gasteiger partial charge in [-0.15, -0.1) is 6.58 Å². The second-order valence-corrected chi connectivity index (χ2v) is 3.80. The molecule has 0 aliphatic heterocycles. The summed E-state index contributed by atoms with van der Waals surface area (Å²) in [5, 5.41) is 3.38. The van der Waals surface area contributed by atoms with Crippen LogP contribution in [-0.2, 0) is 0 Å². The van der Waals surface area contributed by atoms with Gasteiger partial charge in [0.1, 0.15) is 0 Å². The van der Waals surface area contributed by atoms with E-state index in [1.807, 2.05) is 20.2 Å². The van der Waals surface area contributed by atoms with Gasteiger partial charge in [-0.3, -0.25) is 0 Å². The van der Waals surface area contributed by atoms with Crippen LogP contribution in [0.3, 0.4) is 0 Å². The van der Waals surface area contributed by atoms with Gasteiger partial charge in [0, 0.05) is 32.0 Å². The van der Waals surface area contributed by atoms with Crippen molar-refractivity contribution in [2.24, 2.45) is 0 Å². The Labute approximate surface area is 92.6 Å². The molecule has 0 bridgehead atoms. The van der Waals surface area contributed by atoms with Crippen LogP contribution in [0.4, 0.5) is 11.4 Å². The summed E-state index contributed by atoms with van der Waals surface area (Å²) in [7, 11) is 4.10.